The molecule has 0 spiro atoms. The SMILES string of the molecule is BrCc1c(Br)c(Br)c(-c2c(Br)c(Br)c(CBr)c(Br)c2Br)c(Br)c1Br. The maximum atomic E-state index is 3.75. The van der Waals surface area contributed by atoms with Crippen molar-refractivity contribution in [3.8, 4) is 11.1 Å². The van der Waals surface area contributed by atoms with Crippen molar-refractivity contribution >= 4 is 159 Å². The molecule has 0 bridgehead atoms. The Hall–Kier alpha value is 3.24. The van der Waals surface area contributed by atoms with E-state index in [9.17, 15) is 0 Å². The van der Waals surface area contributed by atoms with Crippen LogP contribution >= 0.6 is 159 Å². The molecule has 0 saturated heterocycles. The van der Waals surface area contributed by atoms with Gasteiger partial charge in [0.15, 0.2) is 0 Å². The van der Waals surface area contributed by atoms with Crippen molar-refractivity contribution in [1.29, 1.82) is 0 Å². The van der Waals surface area contributed by atoms with Gasteiger partial charge in [0, 0.05) is 57.6 Å². The highest BCUT2D eigenvalue weighted by Gasteiger charge is 2.26. The molecule has 0 saturated carbocycles. The summed E-state index contributed by atoms with van der Waals surface area (Å²) in [5.41, 5.74) is 4.30. The molecule has 0 fully saturated rings. The van der Waals surface area contributed by atoms with Gasteiger partial charge in [-0.1, -0.05) is 31.9 Å². The van der Waals surface area contributed by atoms with Crippen LogP contribution in [0.2, 0.25) is 0 Å². The lowest BCUT2D eigenvalue weighted by molar-refractivity contribution is 1.29. The lowest BCUT2D eigenvalue weighted by Crippen LogP contribution is -1.97. The van der Waals surface area contributed by atoms with Crippen LogP contribution in [0, 0.1) is 0 Å². The van der Waals surface area contributed by atoms with E-state index in [0.717, 1.165) is 68.7 Å². The molecule has 0 heterocycles. The predicted molar refractivity (Wildman–Crippen MR) is 139 cm³/mol. The summed E-state index contributed by atoms with van der Waals surface area (Å²) < 4.78 is 7.88. The Bertz CT molecular complexity index is 700. The van der Waals surface area contributed by atoms with E-state index in [1.165, 1.54) is 0 Å². The molecular weight excluding hydrogens is 967 g/mol. The average molecular weight is 971 g/mol. The molecule has 0 aromatic heterocycles. The van der Waals surface area contributed by atoms with Gasteiger partial charge >= 0.3 is 0 Å². The van der Waals surface area contributed by atoms with E-state index in [2.05, 4.69) is 159 Å². The highest BCUT2D eigenvalue weighted by molar-refractivity contribution is 9.14. The summed E-state index contributed by atoms with van der Waals surface area (Å²) in [6.07, 6.45) is 0. The molecule has 2 aromatic carbocycles. The molecule has 10 heteroatoms. The first-order valence-electron chi connectivity index (χ1n) is 6.00. The van der Waals surface area contributed by atoms with E-state index in [4.69, 9.17) is 0 Å². The number of halogens is 10. The van der Waals surface area contributed by atoms with E-state index in [-0.39, 0.29) is 0 Å². The smallest absolute Gasteiger partial charge is 0.0411 e. The van der Waals surface area contributed by atoms with E-state index in [1.54, 1.807) is 0 Å². The molecule has 0 aliphatic carbocycles. The third-order valence-corrected chi connectivity index (χ3v) is 13.1. The Kier molecular flexibility index (Phi) is 9.63. The molecule has 130 valence electrons. The first-order chi connectivity index (χ1) is 11.2. The third kappa shape index (κ3) is 4.23. The molecule has 0 aliphatic rings. The molecule has 2 rings (SSSR count). The monoisotopic (exact) mass is 961 g/mol. The molecule has 0 amide bonds. The van der Waals surface area contributed by atoms with Crippen LogP contribution in [0.3, 0.4) is 0 Å². The van der Waals surface area contributed by atoms with Crippen molar-refractivity contribution in [3.05, 3.63) is 46.9 Å². The minimum atomic E-state index is 0.726. The van der Waals surface area contributed by atoms with Gasteiger partial charge in [-0.05, 0) is 139 Å². The Morgan fingerprint density at radius 2 is 0.583 bits per heavy atom. The standard InChI is InChI=1S/C14H4Br10/c15-1-3-7(17)11(21)5(12(22)8(3)18)6-13(23)9(19)4(2-16)10(20)14(6)24/h1-2H2. The van der Waals surface area contributed by atoms with E-state index in [1.807, 2.05) is 0 Å². The van der Waals surface area contributed by atoms with Crippen molar-refractivity contribution in [2.24, 2.45) is 0 Å². The molecule has 24 heavy (non-hydrogen) atoms. The van der Waals surface area contributed by atoms with Crippen LogP contribution in [0.5, 0.6) is 0 Å². The van der Waals surface area contributed by atoms with Gasteiger partial charge in [0.05, 0.1) is 0 Å². The highest BCUT2D eigenvalue weighted by Crippen LogP contribution is 2.54. The fourth-order valence-corrected chi connectivity index (χ4v) is 10.4. The van der Waals surface area contributed by atoms with E-state index >= 15 is 0 Å². The van der Waals surface area contributed by atoms with Gasteiger partial charge in [0.25, 0.3) is 0 Å². The Balaban J connectivity index is 2.99. The zero-order chi connectivity index (χ0) is 18.3. The van der Waals surface area contributed by atoms with Crippen molar-refractivity contribution in [1.82, 2.24) is 0 Å². The van der Waals surface area contributed by atoms with Crippen LogP contribution in [-0.4, -0.2) is 0 Å². The first kappa shape index (κ1) is 23.5. The molecule has 0 N–H and O–H groups in total. The van der Waals surface area contributed by atoms with E-state index < -0.39 is 0 Å². The quantitative estimate of drug-likeness (QED) is 0.212. The maximum Gasteiger partial charge on any atom is 0.0411 e. The second kappa shape index (κ2) is 9.83. The number of alkyl halides is 2. The van der Waals surface area contributed by atoms with Crippen LogP contribution in [0.1, 0.15) is 11.1 Å². The minimum absolute atomic E-state index is 0.726. The lowest BCUT2D eigenvalue weighted by Gasteiger charge is -2.20. The van der Waals surface area contributed by atoms with Crippen LogP contribution in [-0.2, 0) is 10.7 Å². The Labute approximate surface area is 224 Å². The normalized spacial score (nSPS) is 11.2. The molecule has 2 aromatic rings. The first-order valence-corrected chi connectivity index (χ1v) is 14.6. The average Bonchev–Trinajstić information content (AvgIpc) is 2.55. The molecular formula is C14H4Br10. The van der Waals surface area contributed by atoms with Crippen molar-refractivity contribution in [2.75, 3.05) is 0 Å². The molecule has 0 aliphatic heterocycles. The largest absolute Gasteiger partial charge is 0.0875 e. The van der Waals surface area contributed by atoms with Crippen LogP contribution < -0.4 is 0 Å². The summed E-state index contributed by atoms with van der Waals surface area (Å²) in [5.74, 6) is 0. The third-order valence-electron chi connectivity index (χ3n) is 3.23. The number of hydrogen-bond acceptors (Lipinski definition) is 0. The molecule has 0 unspecified atom stereocenters. The second-order valence-electron chi connectivity index (χ2n) is 4.49. The zero-order valence-electron chi connectivity index (χ0n) is 11.2. The van der Waals surface area contributed by atoms with Crippen molar-refractivity contribution < 1.29 is 0 Å². The van der Waals surface area contributed by atoms with Gasteiger partial charge in [-0.15, -0.1) is 0 Å². The zero-order valence-corrected chi connectivity index (χ0v) is 27.1. The fraction of sp³-hybridized carbons (Fsp3) is 0.143. The Morgan fingerprint density at radius 3 is 0.750 bits per heavy atom. The van der Waals surface area contributed by atoms with Gasteiger partial charge in [-0.3, -0.25) is 0 Å². The summed E-state index contributed by atoms with van der Waals surface area (Å²) in [5, 5.41) is 1.45. The number of benzene rings is 2. The molecule has 0 radical (unpaired) electrons. The van der Waals surface area contributed by atoms with Crippen LogP contribution in [0.4, 0.5) is 0 Å². The van der Waals surface area contributed by atoms with Gasteiger partial charge in [-0.25, -0.2) is 0 Å². The van der Waals surface area contributed by atoms with Gasteiger partial charge in [0.1, 0.15) is 0 Å². The Morgan fingerprint density at radius 1 is 0.375 bits per heavy atom. The highest BCUT2D eigenvalue weighted by atomic mass is 79.9. The summed E-state index contributed by atoms with van der Waals surface area (Å²) in [4.78, 5) is 0. The summed E-state index contributed by atoms with van der Waals surface area (Å²) in [6.45, 7) is 0. The summed E-state index contributed by atoms with van der Waals surface area (Å²) in [6, 6.07) is 0. The van der Waals surface area contributed by atoms with Gasteiger partial charge in [-0.2, -0.15) is 0 Å². The van der Waals surface area contributed by atoms with Crippen LogP contribution in [0.15, 0.2) is 35.8 Å². The minimum Gasteiger partial charge on any atom is -0.0875 e. The van der Waals surface area contributed by atoms with Crippen LogP contribution in [0.25, 0.3) is 11.1 Å². The summed E-state index contributed by atoms with van der Waals surface area (Å²) in [7, 11) is 0. The van der Waals surface area contributed by atoms with Gasteiger partial charge < -0.3 is 0 Å². The maximum absolute atomic E-state index is 3.75. The number of hydrogen-bond donors (Lipinski definition) is 0. The van der Waals surface area contributed by atoms with E-state index in [0.29, 0.717) is 0 Å². The second-order valence-corrected chi connectivity index (χ2v) is 12.0. The van der Waals surface area contributed by atoms with Gasteiger partial charge in [0.2, 0.25) is 0 Å². The van der Waals surface area contributed by atoms with Crippen molar-refractivity contribution in [3.63, 3.8) is 0 Å². The fourth-order valence-electron chi connectivity index (χ4n) is 2.03. The lowest BCUT2D eigenvalue weighted by atomic mass is 10.0. The topological polar surface area (TPSA) is 0 Å². The van der Waals surface area contributed by atoms with Crippen molar-refractivity contribution in [2.45, 2.75) is 10.7 Å². The number of rotatable bonds is 3. The summed E-state index contributed by atoms with van der Waals surface area (Å²) >= 11 is 36.9. The predicted octanol–water partition coefficient (Wildman–Crippen LogP) is 11.2. The molecule has 0 atom stereocenters. The molecule has 0 nitrogen and oxygen atoms in total.